The van der Waals surface area contributed by atoms with Crippen LogP contribution in [-0.2, 0) is 13.0 Å². The molecule has 0 atom stereocenters. The van der Waals surface area contributed by atoms with Crippen LogP contribution in [0.1, 0.15) is 43.5 Å². The third-order valence-corrected chi connectivity index (χ3v) is 6.24. The van der Waals surface area contributed by atoms with Gasteiger partial charge in [0.2, 0.25) is 0 Å². The van der Waals surface area contributed by atoms with Crippen molar-refractivity contribution < 1.29 is 0 Å². The molecule has 1 saturated heterocycles. The molecule has 2 aliphatic rings. The number of imidazole rings is 1. The number of nitrogens with zero attached hydrogens (tertiary/aromatic N) is 4. The van der Waals surface area contributed by atoms with E-state index in [2.05, 4.69) is 61.3 Å². The second-order valence-corrected chi connectivity index (χ2v) is 8.06. The van der Waals surface area contributed by atoms with Crippen LogP contribution in [0.4, 0.5) is 0 Å². The molecule has 1 aliphatic carbocycles. The van der Waals surface area contributed by atoms with E-state index < -0.39 is 0 Å². The fourth-order valence-corrected chi connectivity index (χ4v) is 4.76. The fraction of sp³-hybridized carbons (Fsp3) is 0.545. The number of guanidine groups is 1. The lowest BCUT2D eigenvalue weighted by Gasteiger charge is -2.25. The maximum atomic E-state index is 4.56. The Balaban J connectivity index is 0.00000225. The fourth-order valence-electron chi connectivity index (χ4n) is 4.76. The van der Waals surface area contributed by atoms with Crippen molar-refractivity contribution in [2.75, 3.05) is 26.7 Å². The Hall–Kier alpha value is -1.57. The lowest BCUT2D eigenvalue weighted by molar-refractivity contribution is 0.309. The topological polar surface area (TPSA) is 45.5 Å². The summed E-state index contributed by atoms with van der Waals surface area (Å²) >= 11 is 0. The molecule has 0 bridgehead atoms. The Bertz CT molecular complexity index is 764. The van der Waals surface area contributed by atoms with Crippen LogP contribution in [0.25, 0.3) is 0 Å². The summed E-state index contributed by atoms with van der Waals surface area (Å²) in [5, 5.41) is 3.57. The second kappa shape index (κ2) is 9.76. The minimum absolute atomic E-state index is 0. The molecule has 1 aliphatic heterocycles. The maximum Gasteiger partial charge on any atom is 0.193 e. The molecule has 1 N–H and O–H groups in total. The summed E-state index contributed by atoms with van der Waals surface area (Å²) in [4.78, 5) is 11.6. The minimum Gasteiger partial charge on any atom is -0.356 e. The van der Waals surface area contributed by atoms with Gasteiger partial charge in [0.25, 0.3) is 0 Å². The predicted octanol–water partition coefficient (Wildman–Crippen LogP) is 3.93. The van der Waals surface area contributed by atoms with E-state index in [-0.39, 0.29) is 24.0 Å². The predicted molar refractivity (Wildman–Crippen MR) is 125 cm³/mol. The molecular weight excluding hydrogens is 461 g/mol. The van der Waals surface area contributed by atoms with Gasteiger partial charge in [0.05, 0.1) is 0 Å². The van der Waals surface area contributed by atoms with Crippen molar-refractivity contribution in [3.05, 3.63) is 54.1 Å². The summed E-state index contributed by atoms with van der Waals surface area (Å²) in [6.45, 7) is 4.05. The van der Waals surface area contributed by atoms with Gasteiger partial charge in [-0.05, 0) is 30.2 Å². The van der Waals surface area contributed by atoms with Crippen LogP contribution in [0.2, 0.25) is 0 Å². The number of rotatable bonds is 5. The smallest absolute Gasteiger partial charge is 0.193 e. The summed E-state index contributed by atoms with van der Waals surface area (Å²) in [6, 6.07) is 10.6. The number of halogens is 1. The summed E-state index contributed by atoms with van der Waals surface area (Å²) < 4.78 is 2.24. The number of likely N-dealkylation sites (tertiary alicyclic amines) is 1. The molecule has 2 fully saturated rings. The Morgan fingerprint density at radius 2 is 1.96 bits per heavy atom. The van der Waals surface area contributed by atoms with Crippen LogP contribution in [-0.4, -0.2) is 47.1 Å². The van der Waals surface area contributed by atoms with Crippen molar-refractivity contribution in [2.24, 2.45) is 10.4 Å². The Kier molecular flexibility index (Phi) is 7.37. The van der Waals surface area contributed by atoms with Crippen LogP contribution in [0.5, 0.6) is 0 Å². The molecule has 1 aromatic carbocycles. The van der Waals surface area contributed by atoms with Gasteiger partial charge >= 0.3 is 0 Å². The van der Waals surface area contributed by atoms with Crippen molar-refractivity contribution >= 4 is 29.9 Å². The lowest BCUT2D eigenvalue weighted by Crippen LogP contribution is -2.41. The molecule has 4 rings (SSSR count). The van der Waals surface area contributed by atoms with Crippen molar-refractivity contribution in [3.8, 4) is 0 Å². The van der Waals surface area contributed by atoms with Gasteiger partial charge in [0, 0.05) is 52.0 Å². The summed E-state index contributed by atoms with van der Waals surface area (Å²) in [7, 11) is 1.90. The summed E-state index contributed by atoms with van der Waals surface area (Å²) in [5.74, 6) is 2.18. The number of hydrogen-bond donors (Lipinski definition) is 1. The molecule has 2 heterocycles. The Morgan fingerprint density at radius 3 is 2.71 bits per heavy atom. The molecule has 28 heavy (non-hydrogen) atoms. The standard InChI is InChI=1S/C22H31N5.HI/c1-23-21(27-15-12-22(18-27)10-5-6-11-22)25-13-9-20-24-14-16-26(20)17-19-7-3-2-4-8-19;/h2-4,7-8,14,16H,5-6,9-13,15,17-18H2,1H3,(H,23,25);1H. The van der Waals surface area contributed by atoms with Gasteiger partial charge in [-0.25, -0.2) is 4.98 Å². The number of aromatic nitrogens is 2. The molecular formula is C22H32IN5. The van der Waals surface area contributed by atoms with E-state index in [4.69, 9.17) is 0 Å². The van der Waals surface area contributed by atoms with Crippen molar-refractivity contribution in [3.63, 3.8) is 0 Å². The molecule has 5 nitrogen and oxygen atoms in total. The SMILES string of the molecule is CN=C(NCCc1nccn1Cc1ccccc1)N1CCC2(CCCC2)C1.I. The third-order valence-electron chi connectivity index (χ3n) is 6.24. The average Bonchev–Trinajstić information content (AvgIpc) is 3.43. The zero-order valence-corrected chi connectivity index (χ0v) is 19.1. The number of aliphatic imine (C=N–C) groups is 1. The molecule has 0 unspecified atom stereocenters. The quantitative estimate of drug-likeness (QED) is 0.390. The zero-order valence-electron chi connectivity index (χ0n) is 16.8. The Labute approximate surface area is 185 Å². The molecule has 1 spiro atoms. The van der Waals surface area contributed by atoms with Gasteiger partial charge < -0.3 is 14.8 Å². The van der Waals surface area contributed by atoms with Crippen LogP contribution in [0.3, 0.4) is 0 Å². The van der Waals surface area contributed by atoms with Gasteiger partial charge in [0.15, 0.2) is 5.96 Å². The average molecular weight is 493 g/mol. The van der Waals surface area contributed by atoms with Gasteiger partial charge in [-0.1, -0.05) is 43.2 Å². The maximum absolute atomic E-state index is 4.56. The Morgan fingerprint density at radius 1 is 1.18 bits per heavy atom. The van der Waals surface area contributed by atoms with Gasteiger partial charge in [0.1, 0.15) is 5.82 Å². The lowest BCUT2D eigenvalue weighted by atomic mass is 9.86. The van der Waals surface area contributed by atoms with Crippen LogP contribution >= 0.6 is 24.0 Å². The molecule has 6 heteroatoms. The van der Waals surface area contributed by atoms with E-state index in [9.17, 15) is 0 Å². The molecule has 1 aromatic heterocycles. The number of benzene rings is 1. The first-order valence-corrected chi connectivity index (χ1v) is 10.3. The molecule has 0 radical (unpaired) electrons. The van der Waals surface area contributed by atoms with Crippen LogP contribution < -0.4 is 5.32 Å². The van der Waals surface area contributed by atoms with Crippen LogP contribution in [0, 0.1) is 5.41 Å². The van der Waals surface area contributed by atoms with Crippen molar-refractivity contribution in [2.45, 2.75) is 45.1 Å². The monoisotopic (exact) mass is 493 g/mol. The van der Waals surface area contributed by atoms with E-state index in [1.165, 1.54) is 44.2 Å². The number of nitrogens with one attached hydrogen (secondary N) is 1. The first kappa shape index (κ1) is 21.1. The summed E-state index contributed by atoms with van der Waals surface area (Å²) in [5.41, 5.74) is 1.88. The highest BCUT2D eigenvalue weighted by Crippen LogP contribution is 2.45. The van der Waals surface area contributed by atoms with Crippen LogP contribution in [0.15, 0.2) is 47.7 Å². The minimum atomic E-state index is 0. The molecule has 0 amide bonds. The van der Waals surface area contributed by atoms with E-state index >= 15 is 0 Å². The third kappa shape index (κ3) is 4.88. The van der Waals surface area contributed by atoms with Gasteiger partial charge in [-0.3, -0.25) is 4.99 Å². The highest BCUT2D eigenvalue weighted by Gasteiger charge is 2.40. The zero-order chi connectivity index (χ0) is 18.5. The molecule has 1 saturated carbocycles. The van der Waals surface area contributed by atoms with E-state index in [1.807, 2.05) is 13.2 Å². The summed E-state index contributed by atoms with van der Waals surface area (Å²) in [6.07, 6.45) is 11.8. The highest BCUT2D eigenvalue weighted by atomic mass is 127. The largest absolute Gasteiger partial charge is 0.356 e. The normalized spacial score (nSPS) is 18.5. The molecule has 152 valence electrons. The van der Waals surface area contributed by atoms with Gasteiger partial charge in [-0.2, -0.15) is 0 Å². The van der Waals surface area contributed by atoms with E-state index in [1.54, 1.807) is 0 Å². The first-order chi connectivity index (χ1) is 13.3. The van der Waals surface area contributed by atoms with Crippen molar-refractivity contribution in [1.82, 2.24) is 19.8 Å². The number of hydrogen-bond acceptors (Lipinski definition) is 2. The first-order valence-electron chi connectivity index (χ1n) is 10.3. The molecule has 2 aromatic rings. The van der Waals surface area contributed by atoms with Crippen molar-refractivity contribution in [1.29, 1.82) is 0 Å². The van der Waals surface area contributed by atoms with E-state index in [0.717, 1.165) is 37.8 Å². The second-order valence-electron chi connectivity index (χ2n) is 8.06. The van der Waals surface area contributed by atoms with Gasteiger partial charge in [-0.15, -0.1) is 24.0 Å². The highest BCUT2D eigenvalue weighted by molar-refractivity contribution is 14.0. The van der Waals surface area contributed by atoms with E-state index in [0.29, 0.717) is 5.41 Å².